The molecule has 0 aliphatic carbocycles. The van der Waals surface area contributed by atoms with Crippen LogP contribution >= 0.6 is 0 Å². The van der Waals surface area contributed by atoms with Crippen LogP contribution in [0.3, 0.4) is 0 Å². The Morgan fingerprint density at radius 2 is 1.38 bits per heavy atom. The second-order valence-electron chi connectivity index (χ2n) is 6.52. The lowest BCUT2D eigenvalue weighted by Crippen LogP contribution is -2.49. The summed E-state index contributed by atoms with van der Waals surface area (Å²) in [4.78, 5) is 12.2. The maximum Gasteiger partial charge on any atom is 0.338 e. The van der Waals surface area contributed by atoms with Gasteiger partial charge in [0.15, 0.2) is 0 Å². The zero-order valence-corrected chi connectivity index (χ0v) is 16.2. The van der Waals surface area contributed by atoms with Crippen LogP contribution in [0.1, 0.15) is 42.3 Å². The highest BCUT2D eigenvalue weighted by Crippen LogP contribution is 2.11. The molecule has 0 aliphatic heterocycles. The van der Waals surface area contributed by atoms with E-state index >= 15 is 0 Å². The van der Waals surface area contributed by atoms with Gasteiger partial charge in [0.1, 0.15) is 13.2 Å². The number of rotatable bonds is 9. The Morgan fingerprint density at radius 3 is 1.92 bits per heavy atom. The van der Waals surface area contributed by atoms with Crippen LogP contribution < -0.4 is 0 Å². The number of quaternary nitrogens is 1. The van der Waals surface area contributed by atoms with Crippen molar-refractivity contribution >= 4 is 18.1 Å². The third kappa shape index (κ3) is 5.57. The van der Waals surface area contributed by atoms with Crippen LogP contribution in [0.4, 0.5) is 0 Å². The highest BCUT2D eigenvalue weighted by atomic mass is 16.5. The first kappa shape index (κ1) is 19.9. The second-order valence-corrected chi connectivity index (χ2v) is 6.52. The largest absolute Gasteiger partial charge is 0.456 e. The minimum Gasteiger partial charge on any atom is -0.456 e. The summed E-state index contributed by atoms with van der Waals surface area (Å²) in [6.45, 7) is 11.1. The Bertz CT molecular complexity index is 692. The van der Waals surface area contributed by atoms with Crippen molar-refractivity contribution in [2.24, 2.45) is 0 Å². The molecule has 0 saturated heterocycles. The molecule has 0 spiro atoms. The van der Waals surface area contributed by atoms with E-state index in [0.717, 1.165) is 41.8 Å². The molecule has 0 bridgehead atoms. The topological polar surface area (TPSA) is 26.3 Å². The normalized spacial score (nSPS) is 11.7. The van der Waals surface area contributed by atoms with Gasteiger partial charge in [-0.05, 0) is 44.0 Å². The maximum atomic E-state index is 12.2. The lowest BCUT2D eigenvalue weighted by molar-refractivity contribution is -0.923. The van der Waals surface area contributed by atoms with Gasteiger partial charge in [-0.15, -0.1) is 0 Å². The van der Waals surface area contributed by atoms with E-state index in [9.17, 15) is 4.79 Å². The molecule has 0 amide bonds. The molecule has 0 radical (unpaired) electrons. The van der Waals surface area contributed by atoms with E-state index in [1.54, 1.807) is 0 Å². The number of esters is 1. The molecule has 2 aromatic carbocycles. The first-order chi connectivity index (χ1) is 12.6. The molecule has 138 valence electrons. The number of ether oxygens (including phenoxy) is 1. The van der Waals surface area contributed by atoms with Crippen molar-refractivity contribution in [3.63, 3.8) is 0 Å². The standard InChI is InChI=1S/C23H30NO2/c1-4-24(5-2,6-3)18-19-26-23(25)22-16-14-21(15-17-22)13-12-20-10-8-7-9-11-20/h7-17H,4-6,18-19H2,1-3H3/q+1/b13-12+. The lowest BCUT2D eigenvalue weighted by Gasteiger charge is -2.35. The van der Waals surface area contributed by atoms with Crippen LogP contribution in [-0.2, 0) is 4.74 Å². The minimum atomic E-state index is -0.245. The first-order valence-corrected chi connectivity index (χ1v) is 9.48. The zero-order valence-electron chi connectivity index (χ0n) is 16.2. The Hall–Kier alpha value is -2.39. The number of carbonyl (C=O) groups is 1. The van der Waals surface area contributed by atoms with Gasteiger partial charge in [-0.25, -0.2) is 4.79 Å². The van der Waals surface area contributed by atoms with E-state index in [-0.39, 0.29) is 5.97 Å². The fourth-order valence-corrected chi connectivity index (χ4v) is 3.05. The van der Waals surface area contributed by atoms with Crippen LogP contribution in [0.15, 0.2) is 54.6 Å². The molecule has 0 fully saturated rings. The third-order valence-corrected chi connectivity index (χ3v) is 5.23. The maximum absolute atomic E-state index is 12.2. The van der Waals surface area contributed by atoms with Crippen molar-refractivity contribution < 1.29 is 14.0 Å². The van der Waals surface area contributed by atoms with Gasteiger partial charge in [-0.2, -0.15) is 0 Å². The molecule has 3 nitrogen and oxygen atoms in total. The van der Waals surface area contributed by atoms with Crippen molar-refractivity contribution in [3.05, 3.63) is 71.3 Å². The molecule has 0 atom stereocenters. The Morgan fingerprint density at radius 1 is 0.846 bits per heavy atom. The molecule has 2 rings (SSSR count). The summed E-state index contributed by atoms with van der Waals surface area (Å²) in [6, 6.07) is 17.7. The van der Waals surface area contributed by atoms with Gasteiger partial charge in [-0.3, -0.25) is 0 Å². The van der Waals surface area contributed by atoms with Crippen LogP contribution in [-0.4, -0.2) is 43.2 Å². The van der Waals surface area contributed by atoms with Crippen molar-refractivity contribution in [2.75, 3.05) is 32.8 Å². The Balaban J connectivity index is 1.89. The van der Waals surface area contributed by atoms with Crippen LogP contribution in [0.25, 0.3) is 12.2 Å². The SMILES string of the molecule is CC[N+](CC)(CC)CCOC(=O)c1ccc(/C=C/c2ccccc2)cc1. The molecular weight excluding hydrogens is 322 g/mol. The minimum absolute atomic E-state index is 0.245. The quantitative estimate of drug-likeness (QED) is 0.365. The molecule has 0 aliphatic rings. The molecule has 0 N–H and O–H groups in total. The fourth-order valence-electron chi connectivity index (χ4n) is 3.05. The summed E-state index contributed by atoms with van der Waals surface area (Å²) in [5, 5.41) is 0. The lowest BCUT2D eigenvalue weighted by atomic mass is 10.1. The van der Waals surface area contributed by atoms with Gasteiger partial charge in [0, 0.05) is 0 Å². The van der Waals surface area contributed by atoms with E-state index in [2.05, 4.69) is 39.0 Å². The molecule has 0 unspecified atom stereocenters. The average Bonchev–Trinajstić information content (AvgIpc) is 2.71. The van der Waals surface area contributed by atoms with Gasteiger partial charge in [-0.1, -0.05) is 54.6 Å². The predicted molar refractivity (Wildman–Crippen MR) is 109 cm³/mol. The van der Waals surface area contributed by atoms with E-state index < -0.39 is 0 Å². The van der Waals surface area contributed by atoms with Crippen molar-refractivity contribution in [1.82, 2.24) is 0 Å². The van der Waals surface area contributed by atoms with E-state index in [4.69, 9.17) is 4.74 Å². The summed E-state index contributed by atoms with van der Waals surface area (Å²) in [5.74, 6) is -0.245. The first-order valence-electron chi connectivity index (χ1n) is 9.48. The van der Waals surface area contributed by atoms with E-state index in [1.165, 1.54) is 0 Å². The van der Waals surface area contributed by atoms with E-state index in [0.29, 0.717) is 12.2 Å². The number of carbonyl (C=O) groups excluding carboxylic acids is 1. The highest BCUT2D eigenvalue weighted by Gasteiger charge is 2.21. The summed E-state index contributed by atoms with van der Waals surface area (Å²) < 4.78 is 6.47. The van der Waals surface area contributed by atoms with Crippen molar-refractivity contribution in [3.8, 4) is 0 Å². The van der Waals surface area contributed by atoms with Crippen molar-refractivity contribution in [2.45, 2.75) is 20.8 Å². The molecule has 0 aromatic heterocycles. The van der Waals surface area contributed by atoms with Crippen LogP contribution in [0, 0.1) is 0 Å². The Kier molecular flexibility index (Phi) is 7.61. The number of likely N-dealkylation sites (N-methyl/N-ethyl adjacent to an activating group) is 1. The van der Waals surface area contributed by atoms with Crippen molar-refractivity contribution in [1.29, 1.82) is 0 Å². The molecule has 26 heavy (non-hydrogen) atoms. The number of hydrogen-bond donors (Lipinski definition) is 0. The number of hydrogen-bond acceptors (Lipinski definition) is 2. The highest BCUT2D eigenvalue weighted by molar-refractivity contribution is 5.89. The van der Waals surface area contributed by atoms with Gasteiger partial charge in [0.05, 0.1) is 25.2 Å². The van der Waals surface area contributed by atoms with Gasteiger partial charge in [0.25, 0.3) is 0 Å². The molecule has 3 heteroatoms. The van der Waals surface area contributed by atoms with Gasteiger partial charge < -0.3 is 9.22 Å². The molecule has 0 saturated carbocycles. The van der Waals surface area contributed by atoms with Crippen LogP contribution in [0.5, 0.6) is 0 Å². The summed E-state index contributed by atoms with van der Waals surface area (Å²) in [6.07, 6.45) is 4.10. The smallest absolute Gasteiger partial charge is 0.338 e. The molecule has 2 aromatic rings. The molecule has 0 heterocycles. The van der Waals surface area contributed by atoms with Crippen LogP contribution in [0.2, 0.25) is 0 Å². The second kappa shape index (κ2) is 9.93. The molecular formula is C23H30NO2+. The average molecular weight is 352 g/mol. The monoisotopic (exact) mass is 352 g/mol. The summed E-state index contributed by atoms with van der Waals surface area (Å²) >= 11 is 0. The van der Waals surface area contributed by atoms with E-state index in [1.807, 2.05) is 48.5 Å². The third-order valence-electron chi connectivity index (χ3n) is 5.23. The van der Waals surface area contributed by atoms with Gasteiger partial charge in [0.2, 0.25) is 0 Å². The number of nitrogens with zero attached hydrogens (tertiary/aromatic N) is 1. The number of benzene rings is 2. The summed E-state index contributed by atoms with van der Waals surface area (Å²) in [7, 11) is 0. The summed E-state index contributed by atoms with van der Waals surface area (Å²) in [5.41, 5.74) is 2.81. The predicted octanol–water partition coefficient (Wildman–Crippen LogP) is 4.89. The van der Waals surface area contributed by atoms with Gasteiger partial charge >= 0.3 is 5.97 Å². The Labute approximate surface area is 157 Å². The fraction of sp³-hybridized carbons (Fsp3) is 0.348. The zero-order chi connectivity index (χ0) is 18.8.